The summed E-state index contributed by atoms with van der Waals surface area (Å²) in [6, 6.07) is 10.0. The quantitative estimate of drug-likeness (QED) is 0.562. The zero-order valence-electron chi connectivity index (χ0n) is 14.0. The number of nitrogens with zero attached hydrogens (tertiary/aromatic N) is 3. The number of rotatable bonds is 5. The molecule has 0 aromatic carbocycles. The summed E-state index contributed by atoms with van der Waals surface area (Å²) in [5.41, 5.74) is 2.77. The highest BCUT2D eigenvalue weighted by Crippen LogP contribution is 2.25. The molecule has 5 nitrogen and oxygen atoms in total. The SMILES string of the molecule is Cc1nc(-n2cccc2)sc1C(=O)NCc1cncc(-c2cccs2)c1. The number of thiazole rings is 1. The Morgan fingerprint density at radius 1 is 1.23 bits per heavy atom. The van der Waals surface area contributed by atoms with Gasteiger partial charge >= 0.3 is 0 Å². The number of nitrogens with one attached hydrogen (secondary N) is 1. The third-order valence-electron chi connectivity index (χ3n) is 3.87. The van der Waals surface area contributed by atoms with E-state index in [2.05, 4.69) is 27.4 Å². The fraction of sp³-hybridized carbons (Fsp3) is 0.105. The number of aryl methyl sites for hydroxylation is 1. The molecule has 130 valence electrons. The lowest BCUT2D eigenvalue weighted by atomic mass is 10.2. The van der Waals surface area contributed by atoms with Crippen LogP contribution in [-0.2, 0) is 6.54 Å². The minimum Gasteiger partial charge on any atom is -0.347 e. The molecular weight excluding hydrogens is 364 g/mol. The predicted molar refractivity (Wildman–Crippen MR) is 105 cm³/mol. The van der Waals surface area contributed by atoms with Crippen LogP contribution in [-0.4, -0.2) is 20.4 Å². The number of thiophene rings is 1. The molecule has 0 radical (unpaired) electrons. The van der Waals surface area contributed by atoms with Gasteiger partial charge in [-0.05, 0) is 42.1 Å². The van der Waals surface area contributed by atoms with Crippen LogP contribution >= 0.6 is 22.7 Å². The fourth-order valence-corrected chi connectivity index (χ4v) is 4.25. The van der Waals surface area contributed by atoms with Crippen LogP contribution in [0.4, 0.5) is 0 Å². The Labute approximate surface area is 159 Å². The van der Waals surface area contributed by atoms with Gasteiger partial charge in [0.25, 0.3) is 5.91 Å². The average Bonchev–Trinajstić information content (AvgIpc) is 3.40. The van der Waals surface area contributed by atoms with Crippen LogP contribution in [0.1, 0.15) is 20.9 Å². The Bertz CT molecular complexity index is 1020. The van der Waals surface area contributed by atoms with Gasteiger partial charge in [0.05, 0.1) is 5.69 Å². The monoisotopic (exact) mass is 380 g/mol. The highest BCUT2D eigenvalue weighted by atomic mass is 32.1. The van der Waals surface area contributed by atoms with Gasteiger partial charge in [-0.1, -0.05) is 17.4 Å². The van der Waals surface area contributed by atoms with E-state index in [-0.39, 0.29) is 5.91 Å². The Hall–Kier alpha value is -2.77. The molecule has 0 atom stereocenters. The summed E-state index contributed by atoms with van der Waals surface area (Å²) in [6.07, 6.45) is 7.46. The molecule has 7 heteroatoms. The van der Waals surface area contributed by atoms with E-state index in [4.69, 9.17) is 0 Å². The molecule has 0 aliphatic carbocycles. The maximum absolute atomic E-state index is 12.6. The molecule has 0 spiro atoms. The van der Waals surface area contributed by atoms with Gasteiger partial charge in [-0.2, -0.15) is 0 Å². The molecule has 1 amide bonds. The Kier molecular flexibility index (Phi) is 4.64. The number of carbonyl (C=O) groups excluding carboxylic acids is 1. The van der Waals surface area contributed by atoms with Gasteiger partial charge in [0.2, 0.25) is 0 Å². The minimum atomic E-state index is -0.111. The van der Waals surface area contributed by atoms with Gasteiger partial charge in [-0.15, -0.1) is 11.3 Å². The molecule has 4 aromatic rings. The van der Waals surface area contributed by atoms with Crippen molar-refractivity contribution in [1.82, 2.24) is 19.9 Å². The van der Waals surface area contributed by atoms with Crippen LogP contribution < -0.4 is 5.32 Å². The van der Waals surface area contributed by atoms with E-state index in [1.807, 2.05) is 53.7 Å². The van der Waals surface area contributed by atoms with Gasteiger partial charge in [0.15, 0.2) is 5.13 Å². The second kappa shape index (κ2) is 7.23. The first-order valence-corrected chi connectivity index (χ1v) is 9.77. The standard InChI is InChI=1S/C19H16N4OS2/c1-13-17(26-19(22-13)23-6-2-3-7-23)18(24)21-11-14-9-15(12-20-10-14)16-5-4-8-25-16/h2-10,12H,11H2,1H3,(H,21,24). The first kappa shape index (κ1) is 16.7. The van der Waals surface area contributed by atoms with Crippen molar-refractivity contribution in [3.8, 4) is 15.6 Å². The van der Waals surface area contributed by atoms with Crippen molar-refractivity contribution in [1.29, 1.82) is 0 Å². The van der Waals surface area contributed by atoms with Crippen LogP contribution in [0.3, 0.4) is 0 Å². The number of hydrogen-bond donors (Lipinski definition) is 1. The van der Waals surface area contributed by atoms with Crippen LogP contribution in [0, 0.1) is 6.92 Å². The van der Waals surface area contributed by atoms with E-state index in [1.165, 1.54) is 16.2 Å². The fourth-order valence-electron chi connectivity index (χ4n) is 2.59. The summed E-state index contributed by atoms with van der Waals surface area (Å²) in [7, 11) is 0. The zero-order chi connectivity index (χ0) is 17.9. The van der Waals surface area contributed by atoms with Crippen LogP contribution in [0.2, 0.25) is 0 Å². The summed E-state index contributed by atoms with van der Waals surface area (Å²) in [4.78, 5) is 23.1. The Balaban J connectivity index is 1.47. The first-order valence-electron chi connectivity index (χ1n) is 8.07. The maximum Gasteiger partial charge on any atom is 0.263 e. The Morgan fingerprint density at radius 2 is 2.08 bits per heavy atom. The van der Waals surface area contributed by atoms with Crippen LogP contribution in [0.5, 0.6) is 0 Å². The molecule has 4 aromatic heterocycles. The van der Waals surface area contributed by atoms with E-state index < -0.39 is 0 Å². The van der Waals surface area contributed by atoms with Gasteiger partial charge in [0.1, 0.15) is 4.88 Å². The van der Waals surface area contributed by atoms with E-state index in [0.717, 1.165) is 22.0 Å². The van der Waals surface area contributed by atoms with Gasteiger partial charge in [-0.25, -0.2) is 4.98 Å². The number of pyridine rings is 1. The maximum atomic E-state index is 12.6. The first-order chi connectivity index (χ1) is 12.7. The van der Waals surface area contributed by atoms with Crippen molar-refractivity contribution in [2.24, 2.45) is 0 Å². The van der Waals surface area contributed by atoms with Gasteiger partial charge in [-0.3, -0.25) is 9.78 Å². The van der Waals surface area contributed by atoms with Crippen molar-refractivity contribution >= 4 is 28.6 Å². The summed E-state index contributed by atoms with van der Waals surface area (Å²) >= 11 is 3.06. The normalized spacial score (nSPS) is 10.8. The molecule has 0 fully saturated rings. The molecule has 4 heterocycles. The molecule has 1 N–H and O–H groups in total. The average molecular weight is 380 g/mol. The van der Waals surface area contributed by atoms with Gasteiger partial charge < -0.3 is 9.88 Å². The van der Waals surface area contributed by atoms with Crippen molar-refractivity contribution < 1.29 is 4.79 Å². The summed E-state index contributed by atoms with van der Waals surface area (Å²) in [6.45, 7) is 2.29. The molecule has 0 aliphatic rings. The Morgan fingerprint density at radius 3 is 2.85 bits per heavy atom. The highest BCUT2D eigenvalue weighted by Gasteiger charge is 2.16. The second-order valence-electron chi connectivity index (χ2n) is 5.74. The zero-order valence-corrected chi connectivity index (χ0v) is 15.7. The predicted octanol–water partition coefficient (Wildman–Crippen LogP) is 4.30. The third-order valence-corrected chi connectivity index (χ3v) is 5.96. The third kappa shape index (κ3) is 3.44. The number of carbonyl (C=O) groups is 1. The molecule has 0 bridgehead atoms. The molecule has 0 unspecified atom stereocenters. The summed E-state index contributed by atoms with van der Waals surface area (Å²) in [5.74, 6) is -0.111. The summed E-state index contributed by atoms with van der Waals surface area (Å²) in [5, 5.41) is 5.80. The van der Waals surface area contributed by atoms with Crippen LogP contribution in [0.15, 0.2) is 60.5 Å². The topological polar surface area (TPSA) is 59.8 Å². The van der Waals surface area contributed by atoms with Crippen molar-refractivity contribution in [3.05, 3.63) is 76.6 Å². The number of amides is 1. The van der Waals surface area contributed by atoms with E-state index in [9.17, 15) is 4.79 Å². The molecule has 0 saturated carbocycles. The van der Waals surface area contributed by atoms with Gasteiger partial charge in [0, 0.05) is 41.8 Å². The number of aromatic nitrogens is 3. The van der Waals surface area contributed by atoms with E-state index >= 15 is 0 Å². The lowest BCUT2D eigenvalue weighted by Gasteiger charge is -2.05. The second-order valence-corrected chi connectivity index (χ2v) is 7.67. The molecule has 26 heavy (non-hydrogen) atoms. The van der Waals surface area contributed by atoms with Crippen molar-refractivity contribution in [2.75, 3.05) is 0 Å². The molecule has 0 aliphatic heterocycles. The van der Waals surface area contributed by atoms with Crippen molar-refractivity contribution in [3.63, 3.8) is 0 Å². The van der Waals surface area contributed by atoms with E-state index in [1.54, 1.807) is 17.5 Å². The van der Waals surface area contributed by atoms with Crippen LogP contribution in [0.25, 0.3) is 15.6 Å². The largest absolute Gasteiger partial charge is 0.347 e. The lowest BCUT2D eigenvalue weighted by Crippen LogP contribution is -2.22. The summed E-state index contributed by atoms with van der Waals surface area (Å²) < 4.78 is 1.91. The number of hydrogen-bond acceptors (Lipinski definition) is 5. The molecule has 4 rings (SSSR count). The minimum absolute atomic E-state index is 0.111. The highest BCUT2D eigenvalue weighted by molar-refractivity contribution is 7.16. The lowest BCUT2D eigenvalue weighted by molar-refractivity contribution is 0.0954. The molecule has 0 saturated heterocycles. The molecular formula is C19H16N4OS2. The van der Waals surface area contributed by atoms with E-state index in [0.29, 0.717) is 11.4 Å². The smallest absolute Gasteiger partial charge is 0.263 e. The van der Waals surface area contributed by atoms with Crippen molar-refractivity contribution in [2.45, 2.75) is 13.5 Å².